The highest BCUT2D eigenvalue weighted by molar-refractivity contribution is 6.30. The third-order valence-electron chi connectivity index (χ3n) is 3.54. The van der Waals surface area contributed by atoms with Crippen LogP contribution in [0.25, 0.3) is 0 Å². The zero-order valence-electron chi connectivity index (χ0n) is 13.5. The lowest BCUT2D eigenvalue weighted by molar-refractivity contribution is -0.137. The molecule has 0 unspecified atom stereocenters. The molecule has 1 atom stereocenters. The van der Waals surface area contributed by atoms with Crippen LogP contribution >= 0.6 is 11.6 Å². The zero-order valence-corrected chi connectivity index (χ0v) is 14.3. The molecule has 2 aromatic rings. The highest BCUT2D eigenvalue weighted by Crippen LogP contribution is 2.29. The van der Waals surface area contributed by atoms with Gasteiger partial charge in [0.2, 0.25) is 0 Å². The summed E-state index contributed by atoms with van der Waals surface area (Å²) >= 11 is 5.87. The van der Waals surface area contributed by atoms with Crippen LogP contribution in [0.15, 0.2) is 48.5 Å². The van der Waals surface area contributed by atoms with Crippen LogP contribution in [0.1, 0.15) is 17.5 Å². The minimum Gasteiger partial charge on any atom is -0.492 e. The molecule has 0 aromatic heterocycles. The summed E-state index contributed by atoms with van der Waals surface area (Å²) in [5.41, 5.74) is 5.92. The van der Waals surface area contributed by atoms with Gasteiger partial charge in [-0.15, -0.1) is 0 Å². The molecule has 3 N–H and O–H groups in total. The number of benzene rings is 2. The Bertz CT molecular complexity index is 679. The second kappa shape index (κ2) is 9.08. The van der Waals surface area contributed by atoms with Gasteiger partial charge in [-0.1, -0.05) is 35.9 Å². The van der Waals surface area contributed by atoms with Gasteiger partial charge in [-0.3, -0.25) is 0 Å². The molecule has 25 heavy (non-hydrogen) atoms. The van der Waals surface area contributed by atoms with Gasteiger partial charge in [-0.25, -0.2) is 0 Å². The largest absolute Gasteiger partial charge is 0.492 e. The van der Waals surface area contributed by atoms with Crippen molar-refractivity contribution in [2.45, 2.75) is 25.2 Å². The number of rotatable bonds is 8. The van der Waals surface area contributed by atoms with Crippen molar-refractivity contribution in [3.05, 3.63) is 64.7 Å². The van der Waals surface area contributed by atoms with Gasteiger partial charge in [-0.05, 0) is 42.8 Å². The lowest BCUT2D eigenvalue weighted by Gasteiger charge is -2.14. The van der Waals surface area contributed by atoms with E-state index in [1.54, 1.807) is 30.3 Å². The fourth-order valence-electron chi connectivity index (χ4n) is 2.22. The van der Waals surface area contributed by atoms with Crippen molar-refractivity contribution in [1.82, 2.24) is 5.32 Å². The van der Waals surface area contributed by atoms with Gasteiger partial charge in [0, 0.05) is 17.6 Å². The zero-order chi connectivity index (χ0) is 18.3. The Labute approximate surface area is 149 Å². The van der Waals surface area contributed by atoms with Gasteiger partial charge in [0.1, 0.15) is 12.4 Å². The quantitative estimate of drug-likeness (QED) is 0.681. The Morgan fingerprint density at radius 1 is 1.12 bits per heavy atom. The van der Waals surface area contributed by atoms with Crippen molar-refractivity contribution in [3.8, 4) is 5.75 Å². The van der Waals surface area contributed by atoms with Crippen LogP contribution in [-0.4, -0.2) is 19.2 Å². The molecule has 0 saturated heterocycles. The summed E-state index contributed by atoms with van der Waals surface area (Å²) in [6.07, 6.45) is -3.68. The maximum absolute atomic E-state index is 12.7. The average molecular weight is 373 g/mol. The first-order chi connectivity index (χ1) is 11.8. The Morgan fingerprint density at radius 2 is 1.88 bits per heavy atom. The fourth-order valence-corrected chi connectivity index (χ4v) is 2.40. The maximum Gasteiger partial charge on any atom is 0.416 e. The summed E-state index contributed by atoms with van der Waals surface area (Å²) in [5.74, 6) is 0.653. The van der Waals surface area contributed by atoms with Crippen LogP contribution in [0.2, 0.25) is 5.02 Å². The van der Waals surface area contributed by atoms with E-state index in [0.29, 0.717) is 42.5 Å². The van der Waals surface area contributed by atoms with E-state index >= 15 is 0 Å². The van der Waals surface area contributed by atoms with Crippen LogP contribution in [0.5, 0.6) is 5.75 Å². The van der Waals surface area contributed by atoms with E-state index in [1.165, 1.54) is 6.07 Å². The van der Waals surface area contributed by atoms with Crippen molar-refractivity contribution in [3.63, 3.8) is 0 Å². The molecule has 2 aromatic carbocycles. The Balaban J connectivity index is 1.69. The molecule has 3 nitrogen and oxygen atoms in total. The first-order valence-corrected chi connectivity index (χ1v) is 8.23. The molecule has 7 heteroatoms. The number of hydrogen-bond donors (Lipinski definition) is 2. The molecule has 0 spiro atoms. The van der Waals surface area contributed by atoms with E-state index in [2.05, 4.69) is 5.32 Å². The standard InChI is InChI=1S/C18H20ClF3N2O/c19-15-5-2-6-17(10-15)25-12-16(23)7-8-24-11-13-3-1-4-14(9-13)18(20,21)22/h1-6,9-10,16,24H,7-8,11-12,23H2/t16-/m1/s1. The highest BCUT2D eigenvalue weighted by Gasteiger charge is 2.30. The number of halogens is 4. The smallest absolute Gasteiger partial charge is 0.416 e. The lowest BCUT2D eigenvalue weighted by atomic mass is 10.1. The number of alkyl halides is 3. The minimum absolute atomic E-state index is 0.187. The predicted octanol–water partition coefficient (Wildman–Crippen LogP) is 4.24. The predicted molar refractivity (Wildman–Crippen MR) is 92.7 cm³/mol. The monoisotopic (exact) mass is 372 g/mol. The molecule has 0 amide bonds. The van der Waals surface area contributed by atoms with Crippen molar-refractivity contribution in [2.75, 3.05) is 13.2 Å². The van der Waals surface area contributed by atoms with Crippen molar-refractivity contribution in [2.24, 2.45) is 5.73 Å². The molecular formula is C18H20ClF3N2O. The van der Waals surface area contributed by atoms with Gasteiger partial charge < -0.3 is 15.8 Å². The van der Waals surface area contributed by atoms with Crippen LogP contribution in [0.3, 0.4) is 0 Å². The molecule has 0 aliphatic carbocycles. The number of nitrogens with two attached hydrogens (primary N) is 1. The Hall–Kier alpha value is -1.76. The van der Waals surface area contributed by atoms with Gasteiger partial charge in [0.25, 0.3) is 0 Å². The maximum atomic E-state index is 12.7. The molecule has 0 fully saturated rings. The third kappa shape index (κ3) is 6.94. The van der Waals surface area contributed by atoms with Crippen LogP contribution < -0.4 is 15.8 Å². The summed E-state index contributed by atoms with van der Waals surface area (Å²) in [6, 6.07) is 12.1. The lowest BCUT2D eigenvalue weighted by Crippen LogP contribution is -2.31. The van der Waals surface area contributed by atoms with Crippen molar-refractivity contribution in [1.29, 1.82) is 0 Å². The van der Waals surface area contributed by atoms with E-state index in [-0.39, 0.29) is 6.04 Å². The molecule has 0 heterocycles. The summed E-state index contributed by atoms with van der Waals surface area (Å²) in [4.78, 5) is 0. The van der Waals surface area contributed by atoms with Crippen LogP contribution in [0.4, 0.5) is 13.2 Å². The number of ether oxygens (including phenoxy) is 1. The summed E-state index contributed by atoms with van der Waals surface area (Å²) in [7, 11) is 0. The van der Waals surface area contributed by atoms with Gasteiger partial charge in [0.15, 0.2) is 0 Å². The van der Waals surface area contributed by atoms with Crippen LogP contribution in [-0.2, 0) is 12.7 Å². The molecule has 0 saturated carbocycles. The normalized spacial score (nSPS) is 12.8. The molecule has 0 aliphatic rings. The van der Waals surface area contributed by atoms with Gasteiger partial charge in [-0.2, -0.15) is 13.2 Å². The van der Waals surface area contributed by atoms with E-state index in [0.717, 1.165) is 12.1 Å². The topological polar surface area (TPSA) is 47.3 Å². The number of hydrogen-bond acceptors (Lipinski definition) is 3. The Morgan fingerprint density at radius 3 is 2.60 bits per heavy atom. The van der Waals surface area contributed by atoms with E-state index in [1.807, 2.05) is 0 Å². The summed E-state index contributed by atoms with van der Waals surface area (Å²) < 4.78 is 43.5. The van der Waals surface area contributed by atoms with Crippen molar-refractivity contribution >= 4 is 11.6 Å². The molecular weight excluding hydrogens is 353 g/mol. The third-order valence-corrected chi connectivity index (χ3v) is 3.77. The molecule has 0 bridgehead atoms. The average Bonchev–Trinajstić information content (AvgIpc) is 2.56. The first kappa shape index (κ1) is 19.6. The summed E-state index contributed by atoms with van der Waals surface area (Å²) in [6.45, 7) is 1.27. The van der Waals surface area contributed by atoms with Gasteiger partial charge >= 0.3 is 6.18 Å². The SMILES string of the molecule is N[C@H](CCNCc1cccc(C(F)(F)F)c1)COc1cccc(Cl)c1. The highest BCUT2D eigenvalue weighted by atomic mass is 35.5. The molecule has 2 rings (SSSR count). The number of nitrogens with one attached hydrogen (secondary N) is 1. The summed E-state index contributed by atoms with van der Waals surface area (Å²) in [5, 5.41) is 3.69. The fraction of sp³-hybridized carbons (Fsp3) is 0.333. The van der Waals surface area contributed by atoms with E-state index in [9.17, 15) is 13.2 Å². The molecule has 0 radical (unpaired) electrons. The van der Waals surface area contributed by atoms with Gasteiger partial charge in [0.05, 0.1) is 5.56 Å². The van der Waals surface area contributed by atoms with Crippen molar-refractivity contribution < 1.29 is 17.9 Å². The molecule has 0 aliphatic heterocycles. The van der Waals surface area contributed by atoms with Crippen LogP contribution in [0, 0.1) is 0 Å². The second-order valence-corrected chi connectivity index (χ2v) is 6.13. The van der Waals surface area contributed by atoms with E-state index in [4.69, 9.17) is 22.1 Å². The first-order valence-electron chi connectivity index (χ1n) is 7.85. The Kier molecular flexibility index (Phi) is 7.11. The minimum atomic E-state index is -4.32. The second-order valence-electron chi connectivity index (χ2n) is 5.69. The molecule has 136 valence electrons. The van der Waals surface area contributed by atoms with E-state index < -0.39 is 11.7 Å².